The van der Waals surface area contributed by atoms with Gasteiger partial charge in [-0.3, -0.25) is 4.79 Å². The van der Waals surface area contributed by atoms with E-state index in [-0.39, 0.29) is 5.91 Å². The van der Waals surface area contributed by atoms with E-state index in [9.17, 15) is 4.79 Å². The van der Waals surface area contributed by atoms with Crippen molar-refractivity contribution in [3.8, 4) is 11.3 Å². The van der Waals surface area contributed by atoms with Crippen LogP contribution in [0.2, 0.25) is 0 Å². The van der Waals surface area contributed by atoms with Crippen molar-refractivity contribution in [3.63, 3.8) is 0 Å². The van der Waals surface area contributed by atoms with E-state index < -0.39 is 0 Å². The minimum Gasteiger partial charge on any atom is -0.352 e. The Balaban J connectivity index is 1.98. The second-order valence-corrected chi connectivity index (χ2v) is 7.91. The Bertz CT molecular complexity index is 969. The molecule has 0 saturated carbocycles. The SMILES string of the molecule is Cc1cccc(-c2cc(C(=O)NCCCN(C)C)c3cc(Br)ccc3n2)c1. The molecule has 0 unspecified atom stereocenters. The zero-order valence-electron chi connectivity index (χ0n) is 15.9. The van der Waals surface area contributed by atoms with Gasteiger partial charge >= 0.3 is 0 Å². The maximum Gasteiger partial charge on any atom is 0.252 e. The van der Waals surface area contributed by atoms with Gasteiger partial charge in [-0.15, -0.1) is 0 Å². The van der Waals surface area contributed by atoms with E-state index in [1.165, 1.54) is 5.56 Å². The number of pyridine rings is 1. The first-order chi connectivity index (χ1) is 12.9. The molecule has 0 atom stereocenters. The van der Waals surface area contributed by atoms with E-state index in [1.54, 1.807) is 0 Å². The molecular formula is C22H24BrN3O. The maximum absolute atomic E-state index is 12.9. The van der Waals surface area contributed by atoms with Gasteiger partial charge in [0.05, 0.1) is 16.8 Å². The van der Waals surface area contributed by atoms with Crippen LogP contribution >= 0.6 is 15.9 Å². The quantitative estimate of drug-likeness (QED) is 0.584. The summed E-state index contributed by atoms with van der Waals surface area (Å²) >= 11 is 3.50. The Labute approximate surface area is 168 Å². The van der Waals surface area contributed by atoms with E-state index in [1.807, 2.05) is 50.5 Å². The van der Waals surface area contributed by atoms with Crippen LogP contribution in [0.25, 0.3) is 22.2 Å². The van der Waals surface area contributed by atoms with Crippen molar-refractivity contribution in [2.75, 3.05) is 27.2 Å². The number of aryl methyl sites for hydroxylation is 1. The normalized spacial score (nSPS) is 11.1. The number of hydrogen-bond donors (Lipinski definition) is 1. The molecule has 5 heteroatoms. The molecule has 0 saturated heterocycles. The number of aromatic nitrogens is 1. The fourth-order valence-electron chi connectivity index (χ4n) is 3.03. The molecular weight excluding hydrogens is 402 g/mol. The van der Waals surface area contributed by atoms with Gasteiger partial charge in [-0.05, 0) is 64.3 Å². The Kier molecular flexibility index (Phi) is 6.24. The van der Waals surface area contributed by atoms with Gasteiger partial charge in [0.15, 0.2) is 0 Å². The van der Waals surface area contributed by atoms with Crippen molar-refractivity contribution < 1.29 is 4.79 Å². The topological polar surface area (TPSA) is 45.2 Å². The zero-order valence-corrected chi connectivity index (χ0v) is 17.5. The van der Waals surface area contributed by atoms with Gasteiger partial charge in [0.2, 0.25) is 0 Å². The predicted molar refractivity (Wildman–Crippen MR) is 115 cm³/mol. The fraction of sp³-hybridized carbons (Fsp3) is 0.273. The number of carbonyl (C=O) groups is 1. The molecule has 0 fully saturated rings. The fourth-order valence-corrected chi connectivity index (χ4v) is 3.39. The van der Waals surface area contributed by atoms with Crippen molar-refractivity contribution >= 4 is 32.7 Å². The highest BCUT2D eigenvalue weighted by Gasteiger charge is 2.14. The second kappa shape index (κ2) is 8.63. The van der Waals surface area contributed by atoms with Gasteiger partial charge in [0.1, 0.15) is 0 Å². The van der Waals surface area contributed by atoms with Crippen LogP contribution in [-0.2, 0) is 0 Å². The first kappa shape index (κ1) is 19.5. The zero-order chi connectivity index (χ0) is 19.4. The van der Waals surface area contributed by atoms with Crippen LogP contribution in [0.5, 0.6) is 0 Å². The monoisotopic (exact) mass is 425 g/mol. The van der Waals surface area contributed by atoms with Gasteiger partial charge in [0, 0.05) is 22.0 Å². The Hall–Kier alpha value is -2.24. The average molecular weight is 426 g/mol. The Morgan fingerprint density at radius 2 is 1.96 bits per heavy atom. The van der Waals surface area contributed by atoms with Gasteiger partial charge in [0.25, 0.3) is 5.91 Å². The number of benzene rings is 2. The van der Waals surface area contributed by atoms with E-state index in [0.717, 1.165) is 39.6 Å². The number of nitrogens with one attached hydrogen (secondary N) is 1. The van der Waals surface area contributed by atoms with E-state index in [2.05, 4.69) is 45.2 Å². The number of rotatable bonds is 6. The van der Waals surface area contributed by atoms with Crippen LogP contribution in [0.1, 0.15) is 22.3 Å². The molecule has 4 nitrogen and oxygen atoms in total. The summed E-state index contributed by atoms with van der Waals surface area (Å²) in [6, 6.07) is 15.9. The highest BCUT2D eigenvalue weighted by Crippen LogP contribution is 2.27. The highest BCUT2D eigenvalue weighted by atomic mass is 79.9. The van der Waals surface area contributed by atoms with E-state index in [0.29, 0.717) is 12.1 Å². The smallest absolute Gasteiger partial charge is 0.252 e. The summed E-state index contributed by atoms with van der Waals surface area (Å²) in [5.74, 6) is -0.0619. The summed E-state index contributed by atoms with van der Waals surface area (Å²) in [7, 11) is 4.06. The molecule has 3 aromatic rings. The molecule has 140 valence electrons. The summed E-state index contributed by atoms with van der Waals surface area (Å²) in [6.07, 6.45) is 0.913. The summed E-state index contributed by atoms with van der Waals surface area (Å²) < 4.78 is 0.932. The lowest BCUT2D eigenvalue weighted by molar-refractivity contribution is 0.0954. The number of halogens is 1. The maximum atomic E-state index is 12.9. The summed E-state index contributed by atoms with van der Waals surface area (Å²) in [4.78, 5) is 19.8. The Morgan fingerprint density at radius 1 is 1.15 bits per heavy atom. The lowest BCUT2D eigenvalue weighted by Crippen LogP contribution is -2.27. The van der Waals surface area contributed by atoms with E-state index >= 15 is 0 Å². The van der Waals surface area contributed by atoms with Crippen LogP contribution in [0, 0.1) is 6.92 Å². The van der Waals surface area contributed by atoms with Crippen LogP contribution in [0.4, 0.5) is 0 Å². The van der Waals surface area contributed by atoms with Crippen molar-refractivity contribution in [3.05, 3.63) is 64.1 Å². The summed E-state index contributed by atoms with van der Waals surface area (Å²) in [6.45, 7) is 3.64. The predicted octanol–water partition coefficient (Wildman–Crippen LogP) is 4.65. The van der Waals surface area contributed by atoms with Crippen LogP contribution < -0.4 is 5.32 Å². The molecule has 0 spiro atoms. The molecule has 0 radical (unpaired) electrons. The molecule has 0 aliphatic carbocycles. The number of nitrogens with zero attached hydrogens (tertiary/aromatic N) is 2. The largest absolute Gasteiger partial charge is 0.352 e. The average Bonchev–Trinajstić information content (AvgIpc) is 2.64. The number of hydrogen-bond acceptors (Lipinski definition) is 3. The van der Waals surface area contributed by atoms with E-state index in [4.69, 9.17) is 4.98 Å². The molecule has 0 bridgehead atoms. The second-order valence-electron chi connectivity index (χ2n) is 7.00. The molecule has 1 N–H and O–H groups in total. The lowest BCUT2D eigenvalue weighted by Gasteiger charge is -2.13. The Morgan fingerprint density at radius 3 is 2.70 bits per heavy atom. The molecule has 0 aliphatic rings. The standard InChI is InChI=1S/C22H24BrN3O/c1-15-6-4-7-16(12-15)21-14-19(22(27)24-10-5-11-26(2)3)18-13-17(23)8-9-20(18)25-21/h4,6-9,12-14H,5,10-11H2,1-3H3,(H,24,27). The molecule has 3 rings (SSSR count). The number of fused-ring (bicyclic) bond motifs is 1. The first-order valence-electron chi connectivity index (χ1n) is 9.04. The van der Waals surface area contributed by atoms with Gasteiger partial charge in [-0.25, -0.2) is 4.98 Å². The molecule has 1 heterocycles. The minimum absolute atomic E-state index is 0.0619. The molecule has 1 aromatic heterocycles. The highest BCUT2D eigenvalue weighted by molar-refractivity contribution is 9.10. The van der Waals surface area contributed by atoms with Crippen molar-refractivity contribution in [1.29, 1.82) is 0 Å². The third kappa shape index (κ3) is 4.93. The van der Waals surface area contributed by atoms with Crippen molar-refractivity contribution in [2.24, 2.45) is 0 Å². The summed E-state index contributed by atoms with van der Waals surface area (Å²) in [5, 5.41) is 3.90. The summed E-state index contributed by atoms with van der Waals surface area (Å²) in [5.41, 5.74) is 4.46. The van der Waals surface area contributed by atoms with Crippen molar-refractivity contribution in [2.45, 2.75) is 13.3 Å². The molecule has 0 aliphatic heterocycles. The van der Waals surface area contributed by atoms with Gasteiger partial charge < -0.3 is 10.2 Å². The van der Waals surface area contributed by atoms with Gasteiger partial charge in [-0.2, -0.15) is 0 Å². The third-order valence-corrected chi connectivity index (χ3v) is 4.89. The van der Waals surface area contributed by atoms with Crippen molar-refractivity contribution in [1.82, 2.24) is 15.2 Å². The first-order valence-corrected chi connectivity index (χ1v) is 9.83. The van der Waals surface area contributed by atoms with Crippen LogP contribution in [0.15, 0.2) is 53.0 Å². The molecule has 1 amide bonds. The molecule has 2 aromatic carbocycles. The molecule has 27 heavy (non-hydrogen) atoms. The van der Waals surface area contributed by atoms with Crippen LogP contribution in [-0.4, -0.2) is 43.0 Å². The van der Waals surface area contributed by atoms with Gasteiger partial charge in [-0.1, -0.05) is 39.7 Å². The third-order valence-electron chi connectivity index (χ3n) is 4.40. The lowest BCUT2D eigenvalue weighted by atomic mass is 10.0. The minimum atomic E-state index is -0.0619. The van der Waals surface area contributed by atoms with Crippen LogP contribution in [0.3, 0.4) is 0 Å². The number of carbonyl (C=O) groups excluding carboxylic acids is 1. The number of amides is 1.